The van der Waals surface area contributed by atoms with Gasteiger partial charge in [-0.2, -0.15) is 0 Å². The number of hydrogen-bond donors (Lipinski definition) is 1. The van der Waals surface area contributed by atoms with Gasteiger partial charge in [-0.3, -0.25) is 4.79 Å². The Morgan fingerprint density at radius 3 is 2.05 bits per heavy atom. The Balaban J connectivity index is 1.84. The van der Waals surface area contributed by atoms with E-state index in [2.05, 4.69) is 5.32 Å². The molecule has 108 valence electrons. The van der Waals surface area contributed by atoms with Gasteiger partial charge in [-0.25, -0.2) is 0 Å². The van der Waals surface area contributed by atoms with Gasteiger partial charge < -0.3 is 10.1 Å². The van der Waals surface area contributed by atoms with Crippen molar-refractivity contribution < 1.29 is 9.53 Å². The lowest BCUT2D eigenvalue weighted by Crippen LogP contribution is -2.33. The highest BCUT2D eigenvalue weighted by atomic mass is 16.5. The van der Waals surface area contributed by atoms with Crippen LogP contribution in [0, 0.1) is 0 Å². The fourth-order valence-corrected chi connectivity index (χ4v) is 2.67. The quantitative estimate of drug-likeness (QED) is 0.875. The summed E-state index contributed by atoms with van der Waals surface area (Å²) in [6, 6.07) is 19.6. The standard InChI is InChI=1S/C18H19NO2/c20-18(16-12-7-13-19-16)21-17(14-8-3-1-4-9-14)15-10-5-2-6-11-15/h1-6,8-11,16-17,19H,7,12-13H2/t16-/m0/s1. The normalized spacial score (nSPS) is 17.9. The van der Waals surface area contributed by atoms with Gasteiger partial charge >= 0.3 is 5.97 Å². The number of carbonyl (C=O) groups is 1. The number of nitrogens with one attached hydrogen (secondary N) is 1. The van der Waals surface area contributed by atoms with E-state index in [-0.39, 0.29) is 18.1 Å². The molecule has 0 unspecified atom stereocenters. The molecule has 2 aromatic rings. The van der Waals surface area contributed by atoms with Crippen molar-refractivity contribution in [2.45, 2.75) is 25.0 Å². The Morgan fingerprint density at radius 2 is 1.57 bits per heavy atom. The second-order valence-corrected chi connectivity index (χ2v) is 5.29. The summed E-state index contributed by atoms with van der Waals surface area (Å²) in [5.74, 6) is -0.162. The van der Waals surface area contributed by atoms with Gasteiger partial charge in [0.2, 0.25) is 0 Å². The fourth-order valence-electron chi connectivity index (χ4n) is 2.67. The van der Waals surface area contributed by atoms with Gasteiger partial charge in [-0.05, 0) is 30.5 Å². The molecule has 0 spiro atoms. The minimum absolute atomic E-state index is 0.162. The second-order valence-electron chi connectivity index (χ2n) is 5.29. The number of hydrogen-bond acceptors (Lipinski definition) is 3. The second kappa shape index (κ2) is 6.55. The van der Waals surface area contributed by atoms with Crippen LogP contribution >= 0.6 is 0 Å². The minimum atomic E-state index is -0.345. The molecule has 3 heteroatoms. The number of esters is 1. The van der Waals surface area contributed by atoms with E-state index in [1.807, 2.05) is 60.7 Å². The molecule has 0 aromatic heterocycles. The van der Waals surface area contributed by atoms with Crippen LogP contribution in [0.3, 0.4) is 0 Å². The van der Waals surface area contributed by atoms with E-state index in [4.69, 9.17) is 4.74 Å². The Labute approximate surface area is 124 Å². The lowest BCUT2D eigenvalue weighted by Gasteiger charge is -2.21. The average Bonchev–Trinajstić information content (AvgIpc) is 3.09. The van der Waals surface area contributed by atoms with Crippen LogP contribution in [-0.2, 0) is 9.53 Å². The third kappa shape index (κ3) is 3.31. The summed E-state index contributed by atoms with van der Waals surface area (Å²) < 4.78 is 5.81. The molecule has 1 atom stereocenters. The van der Waals surface area contributed by atoms with Gasteiger partial charge in [0.25, 0.3) is 0 Å². The van der Waals surface area contributed by atoms with E-state index < -0.39 is 0 Å². The van der Waals surface area contributed by atoms with Crippen LogP contribution in [0.15, 0.2) is 60.7 Å². The van der Waals surface area contributed by atoms with E-state index in [0.29, 0.717) is 0 Å². The van der Waals surface area contributed by atoms with Crippen LogP contribution in [0.1, 0.15) is 30.1 Å². The molecule has 1 heterocycles. The van der Waals surface area contributed by atoms with Gasteiger partial charge in [-0.1, -0.05) is 60.7 Å². The van der Waals surface area contributed by atoms with Crippen LogP contribution < -0.4 is 5.32 Å². The van der Waals surface area contributed by atoms with E-state index in [1.54, 1.807) is 0 Å². The van der Waals surface area contributed by atoms with E-state index in [9.17, 15) is 4.79 Å². The maximum absolute atomic E-state index is 12.3. The summed E-state index contributed by atoms with van der Waals surface area (Å²) >= 11 is 0. The molecule has 1 saturated heterocycles. The lowest BCUT2D eigenvalue weighted by atomic mass is 10.0. The highest BCUT2D eigenvalue weighted by molar-refractivity contribution is 5.76. The topological polar surface area (TPSA) is 38.3 Å². The molecule has 0 bridgehead atoms. The van der Waals surface area contributed by atoms with Crippen molar-refractivity contribution in [2.75, 3.05) is 6.54 Å². The zero-order valence-corrected chi connectivity index (χ0v) is 11.9. The Morgan fingerprint density at radius 1 is 1.00 bits per heavy atom. The molecule has 0 radical (unpaired) electrons. The van der Waals surface area contributed by atoms with Gasteiger partial charge in [0.05, 0.1) is 0 Å². The SMILES string of the molecule is O=C(OC(c1ccccc1)c1ccccc1)[C@@H]1CCCN1. The third-order valence-corrected chi connectivity index (χ3v) is 3.78. The van der Waals surface area contributed by atoms with Crippen LogP contribution in [0.25, 0.3) is 0 Å². The van der Waals surface area contributed by atoms with Gasteiger partial charge in [0, 0.05) is 0 Å². The van der Waals surface area contributed by atoms with Crippen molar-refractivity contribution in [1.29, 1.82) is 0 Å². The molecule has 0 saturated carbocycles. The monoisotopic (exact) mass is 281 g/mol. The maximum Gasteiger partial charge on any atom is 0.324 e. The molecule has 3 rings (SSSR count). The molecule has 1 N–H and O–H groups in total. The number of ether oxygens (including phenoxy) is 1. The van der Waals surface area contributed by atoms with Crippen molar-refractivity contribution >= 4 is 5.97 Å². The van der Waals surface area contributed by atoms with Crippen molar-refractivity contribution in [3.05, 3.63) is 71.8 Å². The fraction of sp³-hybridized carbons (Fsp3) is 0.278. The first kappa shape index (κ1) is 13.8. The summed E-state index contributed by atoms with van der Waals surface area (Å²) in [7, 11) is 0. The summed E-state index contributed by atoms with van der Waals surface area (Å²) in [4.78, 5) is 12.3. The summed E-state index contributed by atoms with van der Waals surface area (Å²) in [6.07, 6.45) is 1.54. The molecule has 1 aliphatic heterocycles. The summed E-state index contributed by atoms with van der Waals surface area (Å²) in [5, 5.41) is 3.19. The molecule has 3 nitrogen and oxygen atoms in total. The Kier molecular flexibility index (Phi) is 4.31. The molecular formula is C18H19NO2. The first-order valence-electron chi connectivity index (χ1n) is 7.38. The molecule has 0 aliphatic carbocycles. The van der Waals surface area contributed by atoms with E-state index in [1.165, 1.54) is 0 Å². The molecule has 0 amide bonds. The third-order valence-electron chi connectivity index (χ3n) is 3.78. The lowest BCUT2D eigenvalue weighted by molar-refractivity contribution is -0.149. The maximum atomic E-state index is 12.3. The van der Waals surface area contributed by atoms with Crippen molar-refractivity contribution in [3.63, 3.8) is 0 Å². The summed E-state index contributed by atoms with van der Waals surface area (Å²) in [6.45, 7) is 0.890. The van der Waals surface area contributed by atoms with Crippen molar-refractivity contribution in [3.8, 4) is 0 Å². The van der Waals surface area contributed by atoms with Crippen molar-refractivity contribution in [2.24, 2.45) is 0 Å². The summed E-state index contributed by atoms with van der Waals surface area (Å²) in [5.41, 5.74) is 1.99. The first-order valence-corrected chi connectivity index (χ1v) is 7.38. The highest BCUT2D eigenvalue weighted by Gasteiger charge is 2.27. The van der Waals surface area contributed by atoms with E-state index >= 15 is 0 Å². The smallest absolute Gasteiger partial charge is 0.324 e. The van der Waals surface area contributed by atoms with Gasteiger partial charge in [-0.15, -0.1) is 0 Å². The molecule has 2 aromatic carbocycles. The Bertz CT molecular complexity index is 537. The van der Waals surface area contributed by atoms with Crippen LogP contribution in [0.2, 0.25) is 0 Å². The van der Waals surface area contributed by atoms with E-state index in [0.717, 1.165) is 30.5 Å². The molecular weight excluding hydrogens is 262 g/mol. The number of carbonyl (C=O) groups excluding carboxylic acids is 1. The van der Waals surface area contributed by atoms with Crippen LogP contribution in [0.4, 0.5) is 0 Å². The predicted molar refractivity (Wildman–Crippen MR) is 81.8 cm³/mol. The average molecular weight is 281 g/mol. The predicted octanol–water partition coefficient (Wildman–Crippen LogP) is 3.07. The van der Waals surface area contributed by atoms with Gasteiger partial charge in [0.1, 0.15) is 6.04 Å². The highest BCUT2D eigenvalue weighted by Crippen LogP contribution is 2.26. The van der Waals surface area contributed by atoms with Crippen molar-refractivity contribution in [1.82, 2.24) is 5.32 Å². The van der Waals surface area contributed by atoms with Crippen LogP contribution in [0.5, 0.6) is 0 Å². The first-order chi connectivity index (χ1) is 10.3. The molecule has 1 aliphatic rings. The zero-order valence-electron chi connectivity index (χ0n) is 11.9. The number of benzene rings is 2. The van der Waals surface area contributed by atoms with Gasteiger partial charge in [0.15, 0.2) is 6.10 Å². The Hall–Kier alpha value is -2.13. The largest absolute Gasteiger partial charge is 0.451 e. The zero-order chi connectivity index (χ0) is 14.5. The number of rotatable bonds is 4. The van der Waals surface area contributed by atoms with Crippen LogP contribution in [-0.4, -0.2) is 18.6 Å². The minimum Gasteiger partial charge on any atom is -0.451 e. The molecule has 1 fully saturated rings. The molecule has 21 heavy (non-hydrogen) atoms.